The van der Waals surface area contributed by atoms with Gasteiger partial charge in [0.05, 0.1) is 0 Å². The van der Waals surface area contributed by atoms with Crippen molar-refractivity contribution in [1.29, 1.82) is 5.26 Å². The Kier molecular flexibility index (Phi) is 5.89. The number of carbonyl (C=O) groups excluding carboxylic acids is 2. The van der Waals surface area contributed by atoms with Crippen LogP contribution in [-0.2, 0) is 9.59 Å². The molecule has 0 bridgehead atoms. The zero-order valence-electron chi connectivity index (χ0n) is 15.4. The second kappa shape index (κ2) is 8.52. The fourth-order valence-corrected chi connectivity index (χ4v) is 7.32. The van der Waals surface area contributed by atoms with Gasteiger partial charge in [-0.05, 0) is 15.9 Å². The number of imide groups is 1. The number of hydrogen-bond acceptors (Lipinski definition) is 3. The van der Waals surface area contributed by atoms with Crippen LogP contribution in [0.1, 0.15) is 6.92 Å². The van der Waals surface area contributed by atoms with Crippen LogP contribution in [0.25, 0.3) is 0 Å². The monoisotopic (exact) mass is 386 g/mol. The molecule has 3 aromatic carbocycles. The average Bonchev–Trinajstić information content (AvgIpc) is 2.73. The molecule has 3 rings (SSSR count). The van der Waals surface area contributed by atoms with E-state index in [4.69, 9.17) is 0 Å². The highest BCUT2D eigenvalue weighted by Gasteiger charge is 2.33. The third-order valence-electron chi connectivity index (χ3n) is 4.38. The van der Waals surface area contributed by atoms with Crippen molar-refractivity contribution >= 4 is 39.9 Å². The van der Waals surface area contributed by atoms with Gasteiger partial charge in [-0.15, -0.1) is 0 Å². The topological polar surface area (TPSA) is 70.0 Å². The van der Waals surface area contributed by atoms with Gasteiger partial charge < -0.3 is 0 Å². The first kappa shape index (κ1) is 19.4. The largest absolute Gasteiger partial charge is 0.292 e. The third-order valence-corrected chi connectivity index (χ3v) is 8.57. The molecule has 0 saturated carbocycles. The Morgan fingerprint density at radius 3 is 1.39 bits per heavy atom. The molecule has 0 heterocycles. The van der Waals surface area contributed by atoms with Crippen molar-refractivity contribution in [3.63, 3.8) is 0 Å². The zero-order valence-corrected chi connectivity index (χ0v) is 16.3. The summed E-state index contributed by atoms with van der Waals surface area (Å²) in [5, 5.41) is 15.1. The summed E-state index contributed by atoms with van der Waals surface area (Å²) in [4.78, 5) is 24.6. The number of nitrogens with one attached hydrogen (secondary N) is 1. The average molecular weight is 386 g/mol. The number of nitrogens with zero attached hydrogens (tertiary/aromatic N) is 1. The van der Waals surface area contributed by atoms with Gasteiger partial charge in [0.2, 0.25) is 5.91 Å². The van der Waals surface area contributed by atoms with Gasteiger partial charge in [-0.1, -0.05) is 91.0 Å². The van der Waals surface area contributed by atoms with Gasteiger partial charge in [-0.2, -0.15) is 5.26 Å². The highest BCUT2D eigenvalue weighted by molar-refractivity contribution is 7.96. The summed E-state index contributed by atoms with van der Waals surface area (Å²) in [5.74, 6) is -1.15. The van der Waals surface area contributed by atoms with Crippen LogP contribution in [0.5, 0.6) is 0 Å². The van der Waals surface area contributed by atoms with Crippen LogP contribution in [0, 0.1) is 11.3 Å². The fourth-order valence-electron chi connectivity index (χ4n) is 3.29. The zero-order chi connectivity index (χ0) is 20.0. The lowest BCUT2D eigenvalue weighted by molar-refractivity contribution is -0.125. The van der Waals surface area contributed by atoms with E-state index in [1.165, 1.54) is 6.92 Å². The van der Waals surface area contributed by atoms with Gasteiger partial charge in [0.1, 0.15) is 11.4 Å². The maximum atomic E-state index is 13.0. The van der Waals surface area contributed by atoms with Gasteiger partial charge in [-0.25, -0.2) is 0 Å². The number of nitriles is 1. The van der Waals surface area contributed by atoms with Crippen LogP contribution in [0.4, 0.5) is 0 Å². The lowest BCUT2D eigenvalue weighted by atomic mass is 10.3. The van der Waals surface area contributed by atoms with Crippen molar-refractivity contribution in [3.05, 3.63) is 91.0 Å². The quantitative estimate of drug-likeness (QED) is 0.700. The molecule has 0 saturated heterocycles. The van der Waals surface area contributed by atoms with E-state index in [1.807, 2.05) is 91.0 Å². The summed E-state index contributed by atoms with van der Waals surface area (Å²) < 4.78 is 0. The van der Waals surface area contributed by atoms with Crippen LogP contribution in [0.2, 0.25) is 0 Å². The van der Waals surface area contributed by atoms with E-state index in [2.05, 4.69) is 11.4 Å². The number of amides is 2. The maximum absolute atomic E-state index is 13.0. The number of rotatable bonds is 4. The van der Waals surface area contributed by atoms with E-state index in [0.29, 0.717) is 0 Å². The molecule has 138 valence electrons. The fraction of sp³-hybridized carbons (Fsp3) is 0.0435. The first-order valence-electron chi connectivity index (χ1n) is 8.76. The van der Waals surface area contributed by atoms with Gasteiger partial charge >= 0.3 is 0 Å². The lowest BCUT2D eigenvalue weighted by Gasteiger charge is -2.29. The van der Waals surface area contributed by atoms with E-state index in [0.717, 1.165) is 15.9 Å². The standard InChI is InChI=1S/C23H19N2O2P/c1-18(26)25-23(27)22(17-24)28(19-11-5-2-6-12-19,20-13-7-3-8-14-20)21-15-9-4-10-16-21/h2-16H,1H3,(H,25,26,27). The highest BCUT2D eigenvalue weighted by atomic mass is 31.2. The smallest absolute Gasteiger partial charge is 0.269 e. The second-order valence-electron chi connectivity index (χ2n) is 6.15. The molecule has 0 unspecified atom stereocenters. The van der Waals surface area contributed by atoms with E-state index >= 15 is 0 Å². The van der Waals surface area contributed by atoms with Crippen molar-refractivity contribution in [2.24, 2.45) is 0 Å². The molecule has 2 amide bonds. The van der Waals surface area contributed by atoms with Crippen LogP contribution in [0.3, 0.4) is 0 Å². The van der Waals surface area contributed by atoms with Crippen molar-refractivity contribution < 1.29 is 9.59 Å². The highest BCUT2D eigenvalue weighted by Crippen LogP contribution is 2.46. The molecule has 1 N–H and O–H groups in total. The lowest BCUT2D eigenvalue weighted by Crippen LogP contribution is -2.39. The van der Waals surface area contributed by atoms with Crippen LogP contribution in [-0.4, -0.2) is 17.1 Å². The first-order chi connectivity index (χ1) is 13.6. The molecule has 5 heteroatoms. The van der Waals surface area contributed by atoms with Crippen LogP contribution in [0.15, 0.2) is 91.0 Å². The Bertz CT molecular complexity index is 982. The second-order valence-corrected chi connectivity index (χ2v) is 9.49. The van der Waals surface area contributed by atoms with Crippen LogP contribution < -0.4 is 21.2 Å². The molecule has 0 spiro atoms. The van der Waals surface area contributed by atoms with E-state index < -0.39 is 18.7 Å². The maximum Gasteiger partial charge on any atom is 0.269 e. The minimum atomic E-state index is -2.78. The van der Waals surface area contributed by atoms with Gasteiger partial charge in [0, 0.05) is 13.8 Å². The summed E-state index contributed by atoms with van der Waals surface area (Å²) in [7, 11) is 0. The third kappa shape index (κ3) is 3.53. The van der Waals surface area contributed by atoms with E-state index in [1.54, 1.807) is 0 Å². The van der Waals surface area contributed by atoms with Crippen molar-refractivity contribution in [2.75, 3.05) is 0 Å². The Morgan fingerprint density at radius 1 is 0.750 bits per heavy atom. The molecule has 4 nitrogen and oxygen atoms in total. The molecule has 0 aromatic heterocycles. The molecule has 0 aliphatic carbocycles. The summed E-state index contributed by atoms with van der Waals surface area (Å²) in [6, 6.07) is 30.8. The van der Waals surface area contributed by atoms with Gasteiger partial charge in [-0.3, -0.25) is 14.9 Å². The molecular formula is C23H19N2O2P. The summed E-state index contributed by atoms with van der Waals surface area (Å²) in [6.07, 6.45) is 0. The Balaban J connectivity index is 2.55. The Labute approximate surface area is 164 Å². The Hall–Kier alpha value is -3.41. The molecular weight excluding hydrogens is 367 g/mol. The van der Waals surface area contributed by atoms with Crippen molar-refractivity contribution in [1.82, 2.24) is 5.32 Å². The predicted octanol–water partition coefficient (Wildman–Crippen LogP) is 2.34. The van der Waals surface area contributed by atoms with Gasteiger partial charge in [0.15, 0.2) is 0 Å². The van der Waals surface area contributed by atoms with E-state index in [-0.39, 0.29) is 5.29 Å². The molecule has 0 aliphatic heterocycles. The molecule has 0 radical (unpaired) electrons. The molecule has 28 heavy (non-hydrogen) atoms. The minimum absolute atomic E-state index is 0.0475. The SMILES string of the molecule is CC(=O)NC(=O)C(C#N)=P(c1ccccc1)(c1ccccc1)c1ccccc1. The molecule has 0 fully saturated rings. The number of hydrogen-bond donors (Lipinski definition) is 1. The number of carbonyl (C=O) groups is 2. The van der Waals surface area contributed by atoms with Crippen molar-refractivity contribution in [2.45, 2.75) is 6.92 Å². The minimum Gasteiger partial charge on any atom is -0.292 e. The van der Waals surface area contributed by atoms with E-state index in [9.17, 15) is 14.9 Å². The van der Waals surface area contributed by atoms with Crippen molar-refractivity contribution in [3.8, 4) is 6.07 Å². The van der Waals surface area contributed by atoms with Crippen LogP contribution >= 0.6 is 6.89 Å². The Morgan fingerprint density at radius 2 is 1.11 bits per heavy atom. The number of benzene rings is 3. The molecule has 0 atom stereocenters. The predicted molar refractivity (Wildman–Crippen MR) is 115 cm³/mol. The molecule has 0 aliphatic rings. The van der Waals surface area contributed by atoms with Gasteiger partial charge in [0.25, 0.3) is 5.91 Å². The normalized spacial score (nSPS) is 10.6. The molecule has 3 aromatic rings. The first-order valence-corrected chi connectivity index (χ1v) is 10.5. The summed E-state index contributed by atoms with van der Waals surface area (Å²) in [5.41, 5.74) is 0. The summed E-state index contributed by atoms with van der Waals surface area (Å²) >= 11 is 0. The summed E-state index contributed by atoms with van der Waals surface area (Å²) in [6.45, 7) is -1.52.